The second-order valence-corrected chi connectivity index (χ2v) is 6.31. The normalized spacial score (nSPS) is 19.1. The fourth-order valence-electron chi connectivity index (χ4n) is 2.50. The number of hydrogen-bond acceptors (Lipinski definition) is 3. The van der Waals surface area contributed by atoms with Crippen LogP contribution in [0.2, 0.25) is 0 Å². The fraction of sp³-hybridized carbons (Fsp3) is 0.667. The van der Waals surface area contributed by atoms with Crippen LogP contribution in [0.4, 0.5) is 4.39 Å². The molecule has 0 fully saturated rings. The number of nitrogens with zero attached hydrogens (tertiary/aromatic N) is 1. The van der Waals surface area contributed by atoms with Crippen molar-refractivity contribution in [3.8, 4) is 0 Å². The summed E-state index contributed by atoms with van der Waals surface area (Å²) in [5.41, 5.74) is -0.353. The van der Waals surface area contributed by atoms with Gasteiger partial charge in [-0.05, 0) is 26.7 Å². The molecule has 1 aliphatic carbocycles. The first-order valence-electron chi connectivity index (χ1n) is 8.01. The van der Waals surface area contributed by atoms with E-state index < -0.39 is 0 Å². The molecule has 0 saturated carbocycles. The van der Waals surface area contributed by atoms with Gasteiger partial charge in [0.05, 0.1) is 30.7 Å². The van der Waals surface area contributed by atoms with Gasteiger partial charge >= 0.3 is 0 Å². The summed E-state index contributed by atoms with van der Waals surface area (Å²) in [6.07, 6.45) is 7.38. The van der Waals surface area contributed by atoms with Crippen LogP contribution in [0, 0.1) is 0 Å². The molecule has 1 aliphatic rings. The molecule has 3 nitrogen and oxygen atoms in total. The van der Waals surface area contributed by atoms with E-state index in [4.69, 9.17) is 9.47 Å². The minimum atomic E-state index is -0.353. The molecule has 0 aromatic carbocycles. The molecule has 22 heavy (non-hydrogen) atoms. The molecule has 4 heteroatoms. The van der Waals surface area contributed by atoms with Crippen molar-refractivity contribution in [2.45, 2.75) is 44.8 Å². The largest absolute Gasteiger partial charge is 0.377 e. The quantitative estimate of drug-likeness (QED) is 0.427. The van der Waals surface area contributed by atoms with E-state index in [1.54, 1.807) is 6.08 Å². The van der Waals surface area contributed by atoms with Gasteiger partial charge in [0.1, 0.15) is 0 Å². The number of hydrogen-bond donors (Lipinski definition) is 0. The van der Waals surface area contributed by atoms with E-state index in [1.807, 2.05) is 26.0 Å². The summed E-state index contributed by atoms with van der Waals surface area (Å²) in [5, 5.41) is 0. The van der Waals surface area contributed by atoms with Gasteiger partial charge in [-0.3, -0.25) is 4.90 Å². The summed E-state index contributed by atoms with van der Waals surface area (Å²) < 4.78 is 24.8. The molecule has 0 amide bonds. The zero-order chi connectivity index (χ0) is 16.4. The lowest BCUT2D eigenvalue weighted by molar-refractivity contribution is -0.115. The molecule has 0 aliphatic heterocycles. The van der Waals surface area contributed by atoms with Crippen LogP contribution in [0.25, 0.3) is 0 Å². The molecule has 1 atom stereocenters. The van der Waals surface area contributed by atoms with E-state index in [2.05, 4.69) is 18.1 Å². The lowest BCUT2D eigenvalue weighted by atomic mass is 10.0. The molecule has 0 aromatic rings. The monoisotopic (exact) mass is 311 g/mol. The van der Waals surface area contributed by atoms with Crippen LogP contribution in [0.1, 0.15) is 33.1 Å². The topological polar surface area (TPSA) is 21.7 Å². The molecule has 0 radical (unpaired) electrons. The fourth-order valence-corrected chi connectivity index (χ4v) is 2.50. The van der Waals surface area contributed by atoms with E-state index in [0.717, 1.165) is 26.1 Å². The van der Waals surface area contributed by atoms with Crippen LogP contribution in [0.5, 0.6) is 0 Å². The Balaban J connectivity index is 2.24. The molecular formula is C18H30FNO2. The Morgan fingerprint density at radius 3 is 2.59 bits per heavy atom. The number of ether oxygens (including phenoxy) is 2. The summed E-state index contributed by atoms with van der Waals surface area (Å²) in [6.45, 7) is 15.2. The predicted octanol–water partition coefficient (Wildman–Crippen LogP) is 3.88. The van der Waals surface area contributed by atoms with Crippen LogP contribution in [0.15, 0.2) is 37.2 Å². The van der Waals surface area contributed by atoms with Gasteiger partial charge in [0, 0.05) is 26.1 Å². The highest BCUT2D eigenvalue weighted by Gasteiger charge is 2.25. The van der Waals surface area contributed by atoms with E-state index in [0.29, 0.717) is 26.1 Å². The molecule has 0 aromatic heterocycles. The molecule has 126 valence electrons. The average Bonchev–Trinajstić information content (AvgIpc) is 2.46. The van der Waals surface area contributed by atoms with E-state index in [-0.39, 0.29) is 17.5 Å². The second-order valence-electron chi connectivity index (χ2n) is 6.31. The van der Waals surface area contributed by atoms with E-state index in [1.165, 1.54) is 0 Å². The van der Waals surface area contributed by atoms with Crippen LogP contribution in [0.3, 0.4) is 0 Å². The van der Waals surface area contributed by atoms with Gasteiger partial charge in [0.25, 0.3) is 0 Å². The molecule has 0 N–H and O–H groups in total. The van der Waals surface area contributed by atoms with Crippen LogP contribution in [-0.2, 0) is 9.47 Å². The minimum Gasteiger partial charge on any atom is -0.377 e. The van der Waals surface area contributed by atoms with Gasteiger partial charge in [0.2, 0.25) is 0 Å². The van der Waals surface area contributed by atoms with Crippen molar-refractivity contribution in [2.24, 2.45) is 0 Å². The highest BCUT2D eigenvalue weighted by atomic mass is 19.1. The van der Waals surface area contributed by atoms with E-state index in [9.17, 15) is 4.39 Å². The van der Waals surface area contributed by atoms with Gasteiger partial charge in [0.15, 0.2) is 0 Å². The number of halogens is 1. The third-order valence-corrected chi connectivity index (χ3v) is 3.57. The summed E-state index contributed by atoms with van der Waals surface area (Å²) in [7, 11) is 0. The van der Waals surface area contributed by atoms with E-state index >= 15 is 0 Å². The molecule has 0 spiro atoms. The summed E-state index contributed by atoms with van der Waals surface area (Å²) in [5.74, 6) is -0.0153. The maximum absolute atomic E-state index is 13.0. The summed E-state index contributed by atoms with van der Waals surface area (Å²) >= 11 is 0. The number of allylic oxidation sites excluding steroid dienone is 1. The minimum absolute atomic E-state index is 0.0153. The van der Waals surface area contributed by atoms with Crippen molar-refractivity contribution in [2.75, 3.05) is 32.8 Å². The Hall–Kier alpha value is -0.970. The van der Waals surface area contributed by atoms with Crippen LogP contribution < -0.4 is 0 Å². The van der Waals surface area contributed by atoms with Gasteiger partial charge in [-0.2, -0.15) is 0 Å². The van der Waals surface area contributed by atoms with Gasteiger partial charge in [-0.15, -0.1) is 13.2 Å². The first-order chi connectivity index (χ1) is 10.5. The van der Waals surface area contributed by atoms with Crippen molar-refractivity contribution in [1.29, 1.82) is 0 Å². The maximum Gasteiger partial charge on any atom is 0.0961 e. The zero-order valence-electron chi connectivity index (χ0n) is 14.0. The molecular weight excluding hydrogens is 281 g/mol. The Bertz CT molecular complexity index is 369. The van der Waals surface area contributed by atoms with Crippen molar-refractivity contribution in [1.82, 2.24) is 4.90 Å². The lowest BCUT2D eigenvalue weighted by Gasteiger charge is -2.32. The predicted molar refractivity (Wildman–Crippen MR) is 89.6 cm³/mol. The Kier molecular flexibility index (Phi) is 8.61. The molecule has 0 bridgehead atoms. The van der Waals surface area contributed by atoms with Crippen molar-refractivity contribution >= 4 is 0 Å². The van der Waals surface area contributed by atoms with Gasteiger partial charge < -0.3 is 9.47 Å². The molecule has 0 saturated heterocycles. The van der Waals surface area contributed by atoms with Gasteiger partial charge in [-0.25, -0.2) is 4.39 Å². The molecule has 1 rings (SSSR count). The third-order valence-electron chi connectivity index (χ3n) is 3.57. The van der Waals surface area contributed by atoms with Crippen molar-refractivity contribution in [3.05, 3.63) is 37.2 Å². The Morgan fingerprint density at radius 1 is 1.36 bits per heavy atom. The standard InChI is InChI=1S/C18H30FNO2/c1-5-11-20(12-6-2)13-14-21-15-18(3,4)22-17-9-7-16(19)8-10-17/h5-7,17H,1-2,8-15H2,3-4H3. The smallest absolute Gasteiger partial charge is 0.0961 e. The third kappa shape index (κ3) is 7.87. The second kappa shape index (κ2) is 9.93. The lowest BCUT2D eigenvalue weighted by Crippen LogP contribution is -2.37. The number of rotatable bonds is 11. The zero-order valence-corrected chi connectivity index (χ0v) is 14.0. The van der Waals surface area contributed by atoms with Gasteiger partial charge in [-0.1, -0.05) is 18.2 Å². The Morgan fingerprint density at radius 2 is 2.05 bits per heavy atom. The summed E-state index contributed by atoms with van der Waals surface area (Å²) in [6, 6.07) is 0. The summed E-state index contributed by atoms with van der Waals surface area (Å²) in [4.78, 5) is 2.21. The highest BCUT2D eigenvalue weighted by molar-refractivity contribution is 4.98. The Labute approximate surface area is 134 Å². The van der Waals surface area contributed by atoms with Crippen LogP contribution >= 0.6 is 0 Å². The maximum atomic E-state index is 13.0. The van der Waals surface area contributed by atoms with Crippen molar-refractivity contribution in [3.63, 3.8) is 0 Å². The average molecular weight is 311 g/mol. The molecule has 1 unspecified atom stereocenters. The van der Waals surface area contributed by atoms with Crippen molar-refractivity contribution < 1.29 is 13.9 Å². The SMILES string of the molecule is C=CCN(CC=C)CCOCC(C)(C)OC1CC=C(F)CC1. The molecule has 0 heterocycles. The highest BCUT2D eigenvalue weighted by Crippen LogP contribution is 2.25. The van der Waals surface area contributed by atoms with Crippen LogP contribution in [-0.4, -0.2) is 49.5 Å². The first-order valence-corrected chi connectivity index (χ1v) is 8.01. The first kappa shape index (κ1) is 19.1.